The smallest absolute Gasteiger partial charge is 0.272 e. The number of hydrogen-bond acceptors (Lipinski definition) is 6. The molecule has 0 spiro atoms. The van der Waals surface area contributed by atoms with Crippen LogP contribution >= 0.6 is 11.8 Å². The predicted octanol–water partition coefficient (Wildman–Crippen LogP) is 7.10. The van der Waals surface area contributed by atoms with Crippen LogP contribution in [0.1, 0.15) is 40.9 Å². The summed E-state index contributed by atoms with van der Waals surface area (Å²) in [6.45, 7) is 5.88. The molecule has 3 amide bonds. The molecule has 8 nitrogen and oxygen atoms in total. The third-order valence-corrected chi connectivity index (χ3v) is 8.12. The van der Waals surface area contributed by atoms with E-state index in [2.05, 4.69) is 22.9 Å². The predicted molar refractivity (Wildman–Crippen MR) is 181 cm³/mol. The number of thioether (sulfide) groups is 1. The topological polar surface area (TPSA) is 106 Å². The van der Waals surface area contributed by atoms with Crippen molar-refractivity contribution in [2.75, 3.05) is 24.9 Å². The van der Waals surface area contributed by atoms with Crippen molar-refractivity contribution in [3.63, 3.8) is 0 Å². The summed E-state index contributed by atoms with van der Waals surface area (Å²) in [6.07, 6.45) is 2.35. The van der Waals surface area contributed by atoms with Crippen LogP contribution in [0.3, 0.4) is 0 Å². The number of para-hydroxylation sites is 2. The Morgan fingerprint density at radius 3 is 2.31 bits per heavy atom. The lowest BCUT2D eigenvalue weighted by Crippen LogP contribution is -2.30. The molecule has 0 heterocycles. The molecule has 45 heavy (non-hydrogen) atoms. The number of methoxy groups -OCH3 is 2. The summed E-state index contributed by atoms with van der Waals surface area (Å²) < 4.78 is 10.9. The summed E-state index contributed by atoms with van der Waals surface area (Å²) in [5, 5.41) is 8.31. The molecule has 1 unspecified atom stereocenters. The number of ether oxygens (including phenoxy) is 2. The second-order valence-corrected chi connectivity index (χ2v) is 11.6. The summed E-state index contributed by atoms with van der Waals surface area (Å²) in [4.78, 5) is 40.6. The van der Waals surface area contributed by atoms with Crippen molar-refractivity contribution >= 4 is 46.9 Å². The normalized spacial score (nSPS) is 11.7. The second kappa shape index (κ2) is 15.6. The Hall–Kier alpha value is -5.02. The lowest BCUT2D eigenvalue weighted by Gasteiger charge is -2.17. The minimum absolute atomic E-state index is 0.00571. The van der Waals surface area contributed by atoms with Crippen molar-refractivity contribution in [2.45, 2.75) is 37.3 Å². The second-order valence-electron chi connectivity index (χ2n) is 10.2. The van der Waals surface area contributed by atoms with Gasteiger partial charge in [-0.1, -0.05) is 61.5 Å². The van der Waals surface area contributed by atoms with Crippen LogP contribution in [0.25, 0.3) is 6.08 Å². The van der Waals surface area contributed by atoms with Gasteiger partial charge in [0, 0.05) is 27.4 Å². The maximum absolute atomic E-state index is 13.6. The number of nitrogens with one attached hydrogen (secondary N) is 3. The van der Waals surface area contributed by atoms with Gasteiger partial charge in [-0.05, 0) is 73.9 Å². The molecular weight excluding hydrogens is 586 g/mol. The molecule has 0 aliphatic rings. The summed E-state index contributed by atoms with van der Waals surface area (Å²) in [5.74, 6) is -0.190. The van der Waals surface area contributed by atoms with Crippen LogP contribution in [-0.2, 0) is 16.0 Å². The van der Waals surface area contributed by atoms with Crippen molar-refractivity contribution < 1.29 is 23.9 Å². The standard InChI is InChI=1S/C36H37N3O5S/c1-6-25-16-10-13-23(2)32(25)39-34(40)24(3)45-29-19-12-18-28(22-29)37-36(42)30(38-35(41)26-14-8-7-9-15-26)21-27-17-11-20-31(43-4)33(27)44-5/h7-22,24H,6H2,1-5H3,(H,37,42)(H,38,41)(H,39,40)/b30-21+. The number of anilines is 2. The Labute approximate surface area is 268 Å². The summed E-state index contributed by atoms with van der Waals surface area (Å²) in [6, 6.07) is 27.1. The van der Waals surface area contributed by atoms with E-state index >= 15 is 0 Å². The third-order valence-electron chi connectivity index (χ3n) is 7.02. The molecule has 0 aliphatic heterocycles. The molecule has 0 bridgehead atoms. The van der Waals surface area contributed by atoms with Crippen LogP contribution in [0.15, 0.2) is 102 Å². The number of carbonyl (C=O) groups is 3. The number of benzene rings is 4. The van der Waals surface area contributed by atoms with Gasteiger partial charge >= 0.3 is 0 Å². The number of hydrogen-bond donors (Lipinski definition) is 3. The molecule has 232 valence electrons. The SMILES string of the molecule is CCc1cccc(C)c1NC(=O)C(C)Sc1cccc(NC(=O)/C(=C\c2cccc(OC)c2OC)NC(=O)c2ccccc2)c1. The maximum atomic E-state index is 13.6. The van der Waals surface area contributed by atoms with E-state index in [9.17, 15) is 14.4 Å². The van der Waals surface area contributed by atoms with Crippen molar-refractivity contribution in [3.05, 3.63) is 119 Å². The van der Waals surface area contributed by atoms with E-state index in [0.717, 1.165) is 28.1 Å². The zero-order valence-electron chi connectivity index (χ0n) is 26.0. The molecule has 4 aromatic carbocycles. The summed E-state index contributed by atoms with van der Waals surface area (Å²) in [5.41, 5.74) is 4.39. The number of amides is 3. The van der Waals surface area contributed by atoms with Crippen molar-refractivity contribution in [3.8, 4) is 11.5 Å². The van der Waals surface area contributed by atoms with E-state index in [0.29, 0.717) is 28.3 Å². The molecule has 0 saturated heterocycles. The highest BCUT2D eigenvalue weighted by Gasteiger charge is 2.19. The molecule has 0 radical (unpaired) electrons. The average Bonchev–Trinajstić information content (AvgIpc) is 3.05. The molecule has 9 heteroatoms. The van der Waals surface area contributed by atoms with Crippen LogP contribution in [0.4, 0.5) is 11.4 Å². The fourth-order valence-electron chi connectivity index (χ4n) is 4.65. The first kappa shape index (κ1) is 32.9. The van der Waals surface area contributed by atoms with E-state index < -0.39 is 17.1 Å². The van der Waals surface area contributed by atoms with E-state index in [1.165, 1.54) is 26.0 Å². The third kappa shape index (κ3) is 8.55. The van der Waals surface area contributed by atoms with Gasteiger partial charge in [0.05, 0.1) is 19.5 Å². The fourth-order valence-corrected chi connectivity index (χ4v) is 5.58. The molecule has 3 N–H and O–H groups in total. The number of rotatable bonds is 12. The van der Waals surface area contributed by atoms with E-state index in [1.54, 1.807) is 66.7 Å². The maximum Gasteiger partial charge on any atom is 0.272 e. The average molecular weight is 624 g/mol. The zero-order valence-corrected chi connectivity index (χ0v) is 26.8. The molecule has 0 saturated carbocycles. The van der Waals surface area contributed by atoms with Gasteiger partial charge in [0.25, 0.3) is 11.8 Å². The Balaban J connectivity index is 1.55. The van der Waals surface area contributed by atoms with Crippen molar-refractivity contribution in [1.29, 1.82) is 0 Å². The van der Waals surface area contributed by atoms with E-state index in [4.69, 9.17) is 9.47 Å². The molecule has 0 aromatic heterocycles. The highest BCUT2D eigenvalue weighted by atomic mass is 32.2. The van der Waals surface area contributed by atoms with Crippen LogP contribution in [0, 0.1) is 6.92 Å². The van der Waals surface area contributed by atoms with Gasteiger partial charge in [0.1, 0.15) is 5.70 Å². The molecule has 4 aromatic rings. The fraction of sp³-hybridized carbons (Fsp3) is 0.194. The van der Waals surface area contributed by atoms with Gasteiger partial charge in [-0.15, -0.1) is 11.8 Å². The Bertz CT molecular complexity index is 1700. The van der Waals surface area contributed by atoms with Crippen LogP contribution in [0.2, 0.25) is 0 Å². The van der Waals surface area contributed by atoms with Crippen molar-refractivity contribution in [1.82, 2.24) is 5.32 Å². The van der Waals surface area contributed by atoms with Gasteiger partial charge in [-0.25, -0.2) is 0 Å². The largest absolute Gasteiger partial charge is 0.493 e. The first-order chi connectivity index (χ1) is 21.7. The first-order valence-corrected chi connectivity index (χ1v) is 15.4. The van der Waals surface area contributed by atoms with Gasteiger partial charge in [-0.2, -0.15) is 0 Å². The minimum Gasteiger partial charge on any atom is -0.493 e. The van der Waals surface area contributed by atoms with Crippen LogP contribution < -0.4 is 25.4 Å². The quantitative estimate of drug-likeness (QED) is 0.115. The highest BCUT2D eigenvalue weighted by Crippen LogP contribution is 2.32. The van der Waals surface area contributed by atoms with Gasteiger partial charge in [-0.3, -0.25) is 14.4 Å². The Morgan fingerprint density at radius 1 is 0.867 bits per heavy atom. The summed E-state index contributed by atoms with van der Waals surface area (Å²) >= 11 is 1.38. The van der Waals surface area contributed by atoms with Gasteiger partial charge in [0.2, 0.25) is 5.91 Å². The van der Waals surface area contributed by atoms with Gasteiger partial charge in [0.15, 0.2) is 11.5 Å². The van der Waals surface area contributed by atoms with Gasteiger partial charge < -0.3 is 25.4 Å². The number of carbonyl (C=O) groups excluding carboxylic acids is 3. The first-order valence-electron chi connectivity index (χ1n) is 14.5. The van der Waals surface area contributed by atoms with Crippen molar-refractivity contribution in [2.24, 2.45) is 0 Å². The minimum atomic E-state index is -0.538. The molecular formula is C36H37N3O5S. The lowest BCUT2D eigenvalue weighted by molar-refractivity contribution is -0.115. The Morgan fingerprint density at radius 2 is 1.60 bits per heavy atom. The lowest BCUT2D eigenvalue weighted by atomic mass is 10.1. The summed E-state index contributed by atoms with van der Waals surface area (Å²) in [7, 11) is 3.03. The van der Waals surface area contributed by atoms with Crippen LogP contribution in [-0.4, -0.2) is 37.2 Å². The van der Waals surface area contributed by atoms with E-state index in [1.807, 2.05) is 44.2 Å². The molecule has 0 fully saturated rings. The molecule has 1 atom stereocenters. The molecule has 4 rings (SSSR count). The van der Waals surface area contributed by atoms with E-state index in [-0.39, 0.29) is 11.6 Å². The van der Waals surface area contributed by atoms with Crippen LogP contribution in [0.5, 0.6) is 11.5 Å². The zero-order chi connectivity index (χ0) is 32.3. The monoisotopic (exact) mass is 623 g/mol. The highest BCUT2D eigenvalue weighted by molar-refractivity contribution is 8.00. The Kier molecular flexibility index (Phi) is 11.4. The molecule has 0 aliphatic carbocycles. The number of aryl methyl sites for hydroxylation is 2.